The van der Waals surface area contributed by atoms with Crippen LogP contribution in [0.4, 0.5) is 5.69 Å². The maximum atomic E-state index is 13.8. The van der Waals surface area contributed by atoms with Crippen molar-refractivity contribution in [3.8, 4) is 0 Å². The first kappa shape index (κ1) is 20.7. The molecule has 7 heteroatoms. The Morgan fingerprint density at radius 3 is 2.35 bits per heavy atom. The molecule has 0 radical (unpaired) electrons. The third kappa shape index (κ3) is 2.65. The van der Waals surface area contributed by atoms with Crippen LogP contribution in [0.2, 0.25) is 0 Å². The minimum absolute atomic E-state index is 0.0266. The SMILES string of the molecule is Cc1ccc(N2C(=O)[C@H]3[C@@H]4C[C@H]([C@@H]3C2=O)[C@H]2[C@@H](c3ccccc3C)c3sc(=O)[nH]c3S[C@H]42)cc1. The topological polar surface area (TPSA) is 70.2 Å². The molecule has 4 aliphatic rings. The van der Waals surface area contributed by atoms with Crippen molar-refractivity contribution >= 4 is 40.6 Å². The van der Waals surface area contributed by atoms with Gasteiger partial charge in [0.15, 0.2) is 0 Å². The van der Waals surface area contributed by atoms with Crippen LogP contribution in [0.3, 0.4) is 0 Å². The lowest BCUT2D eigenvalue weighted by Crippen LogP contribution is -2.42. The molecule has 2 aliphatic carbocycles. The zero-order valence-corrected chi connectivity index (χ0v) is 20.5. The molecule has 3 aromatic rings. The fourth-order valence-corrected chi connectivity index (χ4v) is 10.1. The number of fused-ring (bicyclic) bond motifs is 9. The maximum Gasteiger partial charge on any atom is 0.305 e. The Morgan fingerprint density at radius 2 is 1.62 bits per heavy atom. The highest BCUT2D eigenvalue weighted by Gasteiger charge is 2.69. The summed E-state index contributed by atoms with van der Waals surface area (Å²) in [6.45, 7) is 4.13. The second kappa shape index (κ2) is 7.18. The molecule has 1 N–H and O–H groups in total. The van der Waals surface area contributed by atoms with E-state index in [1.807, 2.05) is 37.3 Å². The number of hydrogen-bond donors (Lipinski definition) is 1. The molecule has 2 amide bonds. The third-order valence-corrected chi connectivity index (χ3v) is 11.1. The molecule has 3 heterocycles. The van der Waals surface area contributed by atoms with E-state index in [9.17, 15) is 14.4 Å². The quantitative estimate of drug-likeness (QED) is 0.530. The van der Waals surface area contributed by atoms with Gasteiger partial charge in [0.25, 0.3) is 0 Å². The number of hydrogen-bond acceptors (Lipinski definition) is 5. The summed E-state index contributed by atoms with van der Waals surface area (Å²) in [6.07, 6.45) is 0.915. The van der Waals surface area contributed by atoms with Crippen LogP contribution in [0.5, 0.6) is 0 Å². The standard InChI is InChI=1S/C27H24N2O3S2/c1-12-7-9-14(10-8-12)29-25(30)20-16-11-17(21(20)26(29)31)22-19(16)18(15-6-4-3-5-13(15)2)23-24(33-22)28-27(32)34-23/h3-10,16-22H,11H2,1-2H3,(H,28,32)/t16-,17-,18+,19-,20-,21-,22+/m0/s1. The van der Waals surface area contributed by atoms with Crippen LogP contribution in [0.25, 0.3) is 0 Å². The van der Waals surface area contributed by atoms with E-state index < -0.39 is 0 Å². The first-order valence-corrected chi connectivity index (χ1v) is 13.5. The first-order valence-electron chi connectivity index (χ1n) is 11.8. The van der Waals surface area contributed by atoms with Gasteiger partial charge in [0.05, 0.1) is 22.5 Å². The molecule has 34 heavy (non-hydrogen) atoms. The summed E-state index contributed by atoms with van der Waals surface area (Å²) in [5.74, 6) is 0.0363. The number of thioether (sulfide) groups is 1. The number of nitrogens with one attached hydrogen (secondary N) is 1. The number of imide groups is 1. The molecular formula is C27H24N2O3S2. The van der Waals surface area contributed by atoms with Gasteiger partial charge in [-0.25, -0.2) is 0 Å². The number of benzene rings is 2. The summed E-state index contributed by atoms with van der Waals surface area (Å²) in [6, 6.07) is 16.1. The highest BCUT2D eigenvalue weighted by molar-refractivity contribution is 8.00. The number of aryl methyl sites for hydroxylation is 2. The minimum atomic E-state index is -0.260. The lowest BCUT2D eigenvalue weighted by molar-refractivity contribution is -0.123. The highest BCUT2D eigenvalue weighted by Crippen LogP contribution is 2.68. The predicted molar refractivity (Wildman–Crippen MR) is 133 cm³/mol. The molecule has 1 aromatic heterocycles. The summed E-state index contributed by atoms with van der Waals surface area (Å²) in [7, 11) is 0. The van der Waals surface area contributed by atoms with Gasteiger partial charge < -0.3 is 4.98 Å². The van der Waals surface area contributed by atoms with Crippen molar-refractivity contribution in [2.24, 2.45) is 29.6 Å². The Bertz CT molecular complexity index is 1410. The largest absolute Gasteiger partial charge is 0.307 e. The van der Waals surface area contributed by atoms with Crippen LogP contribution in [-0.4, -0.2) is 22.0 Å². The average Bonchev–Trinajstić information content (AvgIpc) is 3.54. The van der Waals surface area contributed by atoms with E-state index >= 15 is 0 Å². The molecule has 5 nitrogen and oxygen atoms in total. The van der Waals surface area contributed by atoms with Crippen molar-refractivity contribution in [1.29, 1.82) is 0 Å². The summed E-state index contributed by atoms with van der Waals surface area (Å²) >= 11 is 3.05. The Kier molecular flexibility index (Phi) is 4.38. The lowest BCUT2D eigenvalue weighted by atomic mass is 9.67. The van der Waals surface area contributed by atoms with Crippen molar-refractivity contribution in [1.82, 2.24) is 4.98 Å². The molecule has 1 saturated heterocycles. The van der Waals surface area contributed by atoms with Crippen LogP contribution in [0.1, 0.15) is 33.9 Å². The lowest BCUT2D eigenvalue weighted by Gasteiger charge is -2.43. The molecule has 7 atom stereocenters. The summed E-state index contributed by atoms with van der Waals surface area (Å²) < 4.78 is 0. The normalized spacial score (nSPS) is 33.2. The van der Waals surface area contributed by atoms with Crippen LogP contribution in [0.15, 0.2) is 58.4 Å². The zero-order valence-electron chi connectivity index (χ0n) is 18.9. The van der Waals surface area contributed by atoms with Gasteiger partial charge in [-0.05, 0) is 61.3 Å². The van der Waals surface area contributed by atoms with Crippen molar-refractivity contribution < 1.29 is 9.59 Å². The van der Waals surface area contributed by atoms with E-state index in [4.69, 9.17) is 0 Å². The van der Waals surface area contributed by atoms with Gasteiger partial charge in [-0.1, -0.05) is 53.3 Å². The molecule has 2 aliphatic heterocycles. The second-order valence-corrected chi connectivity index (χ2v) is 12.4. The summed E-state index contributed by atoms with van der Waals surface area (Å²) in [5, 5.41) is 1.18. The molecule has 2 bridgehead atoms. The molecule has 0 spiro atoms. The second-order valence-electron chi connectivity index (χ2n) is 10.2. The van der Waals surface area contributed by atoms with Crippen LogP contribution >= 0.6 is 23.1 Å². The average molecular weight is 489 g/mol. The first-order chi connectivity index (χ1) is 16.4. The van der Waals surface area contributed by atoms with Crippen molar-refractivity contribution in [3.05, 3.63) is 79.8 Å². The zero-order chi connectivity index (χ0) is 23.3. The number of carbonyl (C=O) groups excluding carboxylic acids is 2. The number of amides is 2. The Labute approximate surface area is 205 Å². The van der Waals surface area contributed by atoms with E-state index in [-0.39, 0.29) is 57.4 Å². The van der Waals surface area contributed by atoms with Gasteiger partial charge >= 0.3 is 4.87 Å². The minimum Gasteiger partial charge on any atom is -0.307 e. The number of H-pyrrole nitrogens is 1. The number of thiazole rings is 1. The molecule has 0 unspecified atom stereocenters. The Hall–Kier alpha value is -2.64. The number of anilines is 1. The molecular weight excluding hydrogens is 464 g/mol. The van der Waals surface area contributed by atoms with E-state index in [0.29, 0.717) is 5.69 Å². The number of carbonyl (C=O) groups is 2. The van der Waals surface area contributed by atoms with Gasteiger partial charge in [0.2, 0.25) is 11.8 Å². The van der Waals surface area contributed by atoms with E-state index in [2.05, 4.69) is 30.1 Å². The van der Waals surface area contributed by atoms with Crippen LogP contribution < -0.4 is 9.77 Å². The summed E-state index contributed by atoms with van der Waals surface area (Å²) in [4.78, 5) is 45.4. The van der Waals surface area contributed by atoms with E-state index in [1.165, 1.54) is 27.4 Å². The van der Waals surface area contributed by atoms with Crippen LogP contribution in [-0.2, 0) is 9.59 Å². The Morgan fingerprint density at radius 1 is 0.912 bits per heavy atom. The molecule has 2 aromatic carbocycles. The fourth-order valence-electron chi connectivity index (χ4n) is 7.25. The van der Waals surface area contributed by atoms with Crippen molar-refractivity contribution in [2.75, 3.05) is 4.90 Å². The number of nitrogens with zero attached hydrogens (tertiary/aromatic N) is 1. The monoisotopic (exact) mass is 488 g/mol. The Balaban J connectivity index is 1.34. The highest BCUT2D eigenvalue weighted by atomic mass is 32.2. The molecule has 3 fully saturated rings. The molecule has 172 valence electrons. The van der Waals surface area contributed by atoms with Gasteiger partial charge in [0.1, 0.15) is 0 Å². The van der Waals surface area contributed by atoms with Gasteiger partial charge in [-0.3, -0.25) is 19.3 Å². The van der Waals surface area contributed by atoms with Gasteiger partial charge in [-0.15, -0.1) is 11.8 Å². The van der Waals surface area contributed by atoms with Crippen molar-refractivity contribution in [3.63, 3.8) is 0 Å². The molecule has 2 saturated carbocycles. The molecule has 7 rings (SSSR count). The van der Waals surface area contributed by atoms with E-state index in [0.717, 1.165) is 21.9 Å². The van der Waals surface area contributed by atoms with Gasteiger partial charge in [0, 0.05) is 16.0 Å². The smallest absolute Gasteiger partial charge is 0.305 e. The van der Waals surface area contributed by atoms with Crippen LogP contribution in [0, 0.1) is 43.4 Å². The third-order valence-electron chi connectivity index (χ3n) is 8.54. The number of aromatic nitrogens is 1. The van der Waals surface area contributed by atoms with E-state index in [1.54, 1.807) is 11.8 Å². The van der Waals surface area contributed by atoms with Crippen molar-refractivity contribution in [2.45, 2.75) is 36.5 Å². The van der Waals surface area contributed by atoms with Gasteiger partial charge in [-0.2, -0.15) is 0 Å². The predicted octanol–water partition coefficient (Wildman–Crippen LogP) is 4.73. The fraction of sp³-hybridized carbons (Fsp3) is 0.370. The number of rotatable bonds is 2. The maximum absolute atomic E-state index is 13.8. The number of aromatic amines is 1. The summed E-state index contributed by atoms with van der Waals surface area (Å²) in [5.41, 5.74) is 4.24.